The monoisotopic (exact) mass is 166 g/mol. The topological polar surface area (TPSA) is 0 Å². The molecule has 1 aliphatic carbocycles. The van der Waals surface area contributed by atoms with Gasteiger partial charge in [0.25, 0.3) is 0 Å². The molecule has 0 aliphatic heterocycles. The Balaban J connectivity index is 2.81. The van der Waals surface area contributed by atoms with Crippen molar-refractivity contribution >= 4 is 0 Å². The molecule has 1 rings (SSSR count). The zero-order valence-corrected chi connectivity index (χ0v) is 8.98. The van der Waals surface area contributed by atoms with Crippen LogP contribution in [0, 0.1) is 11.3 Å². The lowest BCUT2D eigenvalue weighted by molar-refractivity contribution is 0.258. The van der Waals surface area contributed by atoms with Crippen LogP contribution >= 0.6 is 0 Å². The second-order valence-corrected chi connectivity index (χ2v) is 4.79. The van der Waals surface area contributed by atoms with E-state index in [1.54, 1.807) is 5.57 Å². The van der Waals surface area contributed by atoms with Gasteiger partial charge in [0.1, 0.15) is 0 Å². The summed E-state index contributed by atoms with van der Waals surface area (Å²) in [7, 11) is 0. The first-order valence-electron chi connectivity index (χ1n) is 5.22. The molecule has 0 nitrogen and oxygen atoms in total. The zero-order valence-electron chi connectivity index (χ0n) is 8.98. The van der Waals surface area contributed by atoms with E-state index in [1.165, 1.54) is 25.7 Å². The van der Waals surface area contributed by atoms with Gasteiger partial charge in [0.15, 0.2) is 0 Å². The van der Waals surface area contributed by atoms with E-state index in [0.717, 1.165) is 5.92 Å². The van der Waals surface area contributed by atoms with Crippen LogP contribution in [0.25, 0.3) is 0 Å². The predicted molar refractivity (Wildman–Crippen MR) is 55.2 cm³/mol. The molecule has 1 unspecified atom stereocenters. The summed E-state index contributed by atoms with van der Waals surface area (Å²) < 4.78 is 0. The van der Waals surface area contributed by atoms with Gasteiger partial charge in [-0.15, -0.1) is 0 Å². The Kier molecular flexibility index (Phi) is 2.98. The Morgan fingerprint density at radius 1 is 1.33 bits per heavy atom. The fourth-order valence-electron chi connectivity index (χ4n) is 1.93. The van der Waals surface area contributed by atoms with Crippen LogP contribution in [0.1, 0.15) is 53.4 Å². The lowest BCUT2D eigenvalue weighted by Gasteiger charge is -2.34. The summed E-state index contributed by atoms with van der Waals surface area (Å²) in [5.41, 5.74) is 2.02. The summed E-state index contributed by atoms with van der Waals surface area (Å²) >= 11 is 0. The molecular weight excluding hydrogens is 144 g/mol. The second-order valence-electron chi connectivity index (χ2n) is 4.79. The molecule has 70 valence electrons. The first kappa shape index (κ1) is 9.83. The minimum Gasteiger partial charge on any atom is -0.0851 e. The third-order valence-electron chi connectivity index (χ3n) is 3.79. The molecule has 0 saturated carbocycles. The Morgan fingerprint density at radius 3 is 2.67 bits per heavy atom. The fourth-order valence-corrected chi connectivity index (χ4v) is 1.93. The number of allylic oxidation sites excluding steroid dienone is 2. The first-order valence-corrected chi connectivity index (χ1v) is 5.22. The standard InChI is InChI=1S/C12H22/c1-10-8-6-5-7-9-11(2)12(10,3)4/h8,11H,5-7,9H2,1-4H3. The predicted octanol–water partition coefficient (Wildman–Crippen LogP) is 4.17. The van der Waals surface area contributed by atoms with Crippen LogP contribution in [0.2, 0.25) is 0 Å². The van der Waals surface area contributed by atoms with E-state index in [4.69, 9.17) is 0 Å². The lowest BCUT2D eigenvalue weighted by atomic mass is 9.71. The molecule has 0 fully saturated rings. The van der Waals surface area contributed by atoms with Crippen LogP contribution in [-0.2, 0) is 0 Å². The van der Waals surface area contributed by atoms with E-state index in [-0.39, 0.29) is 0 Å². The summed E-state index contributed by atoms with van der Waals surface area (Å²) in [6.07, 6.45) is 7.93. The molecule has 0 bridgehead atoms. The number of hydrogen-bond acceptors (Lipinski definition) is 0. The third-order valence-corrected chi connectivity index (χ3v) is 3.79. The Hall–Kier alpha value is -0.260. The molecule has 0 saturated heterocycles. The molecule has 0 amide bonds. The van der Waals surface area contributed by atoms with Crippen LogP contribution in [0.4, 0.5) is 0 Å². The molecule has 12 heavy (non-hydrogen) atoms. The fraction of sp³-hybridized carbons (Fsp3) is 0.833. The first-order chi connectivity index (χ1) is 5.55. The highest BCUT2D eigenvalue weighted by Gasteiger charge is 2.27. The molecule has 0 N–H and O–H groups in total. The van der Waals surface area contributed by atoms with Crippen molar-refractivity contribution in [2.45, 2.75) is 53.4 Å². The zero-order chi connectivity index (χ0) is 9.19. The van der Waals surface area contributed by atoms with Crippen LogP contribution in [0.15, 0.2) is 11.6 Å². The molecule has 0 aromatic heterocycles. The van der Waals surface area contributed by atoms with Crippen LogP contribution in [0.5, 0.6) is 0 Å². The van der Waals surface area contributed by atoms with Gasteiger partial charge in [0, 0.05) is 0 Å². The van der Waals surface area contributed by atoms with Gasteiger partial charge in [-0.3, -0.25) is 0 Å². The van der Waals surface area contributed by atoms with Gasteiger partial charge in [0.05, 0.1) is 0 Å². The van der Waals surface area contributed by atoms with Crippen molar-refractivity contribution in [3.05, 3.63) is 11.6 Å². The summed E-state index contributed by atoms with van der Waals surface area (Å²) in [4.78, 5) is 0. The molecule has 0 aromatic rings. The summed E-state index contributed by atoms with van der Waals surface area (Å²) in [6, 6.07) is 0. The maximum atomic E-state index is 2.44. The van der Waals surface area contributed by atoms with Crippen molar-refractivity contribution in [2.75, 3.05) is 0 Å². The summed E-state index contributed by atoms with van der Waals surface area (Å²) in [6.45, 7) is 9.45. The van der Waals surface area contributed by atoms with Crippen LogP contribution in [-0.4, -0.2) is 0 Å². The van der Waals surface area contributed by atoms with E-state index in [1.807, 2.05) is 0 Å². The average molecular weight is 166 g/mol. The lowest BCUT2D eigenvalue weighted by Crippen LogP contribution is -2.23. The molecule has 0 heterocycles. The van der Waals surface area contributed by atoms with Crippen LogP contribution < -0.4 is 0 Å². The van der Waals surface area contributed by atoms with Crippen molar-refractivity contribution < 1.29 is 0 Å². The van der Waals surface area contributed by atoms with Crippen molar-refractivity contribution in [1.82, 2.24) is 0 Å². The van der Waals surface area contributed by atoms with Gasteiger partial charge in [-0.1, -0.05) is 38.8 Å². The quantitative estimate of drug-likeness (QED) is 0.474. The van der Waals surface area contributed by atoms with E-state index in [9.17, 15) is 0 Å². The van der Waals surface area contributed by atoms with Crippen molar-refractivity contribution in [1.29, 1.82) is 0 Å². The molecule has 0 heteroatoms. The minimum atomic E-state index is 0.431. The Labute approximate surface area is 77.1 Å². The normalized spacial score (nSPS) is 30.3. The maximum absolute atomic E-state index is 2.44. The van der Waals surface area contributed by atoms with Gasteiger partial charge in [-0.2, -0.15) is 0 Å². The molecule has 1 aliphatic rings. The van der Waals surface area contributed by atoms with Gasteiger partial charge in [0.2, 0.25) is 0 Å². The van der Waals surface area contributed by atoms with Crippen molar-refractivity contribution in [3.63, 3.8) is 0 Å². The SMILES string of the molecule is CC1=CCCCCC(C)C1(C)C. The van der Waals surface area contributed by atoms with E-state index >= 15 is 0 Å². The largest absolute Gasteiger partial charge is 0.0851 e. The maximum Gasteiger partial charge on any atom is -0.0122 e. The molecule has 1 atom stereocenters. The molecule has 0 aromatic carbocycles. The molecule has 0 spiro atoms. The average Bonchev–Trinajstić information content (AvgIpc) is 2.01. The molecular formula is C12H22. The highest BCUT2D eigenvalue weighted by Crippen LogP contribution is 2.39. The van der Waals surface area contributed by atoms with Gasteiger partial charge in [-0.25, -0.2) is 0 Å². The smallest absolute Gasteiger partial charge is 0.0122 e. The van der Waals surface area contributed by atoms with Gasteiger partial charge < -0.3 is 0 Å². The highest BCUT2D eigenvalue weighted by atomic mass is 14.3. The van der Waals surface area contributed by atoms with Gasteiger partial charge in [-0.05, 0) is 37.5 Å². The van der Waals surface area contributed by atoms with Crippen molar-refractivity contribution in [2.24, 2.45) is 11.3 Å². The third kappa shape index (κ3) is 1.91. The summed E-state index contributed by atoms with van der Waals surface area (Å²) in [5.74, 6) is 0.842. The second kappa shape index (κ2) is 3.64. The van der Waals surface area contributed by atoms with Crippen molar-refractivity contribution in [3.8, 4) is 0 Å². The Morgan fingerprint density at radius 2 is 2.00 bits per heavy atom. The molecule has 0 radical (unpaired) electrons. The summed E-state index contributed by atoms with van der Waals surface area (Å²) in [5, 5.41) is 0. The number of hydrogen-bond donors (Lipinski definition) is 0. The van der Waals surface area contributed by atoms with E-state index in [2.05, 4.69) is 33.8 Å². The Bertz CT molecular complexity index is 174. The van der Waals surface area contributed by atoms with E-state index < -0.39 is 0 Å². The van der Waals surface area contributed by atoms with Gasteiger partial charge >= 0.3 is 0 Å². The highest BCUT2D eigenvalue weighted by molar-refractivity contribution is 5.11. The number of rotatable bonds is 0. The minimum absolute atomic E-state index is 0.431. The van der Waals surface area contributed by atoms with E-state index in [0.29, 0.717) is 5.41 Å². The van der Waals surface area contributed by atoms with Crippen LogP contribution in [0.3, 0.4) is 0 Å².